The van der Waals surface area contributed by atoms with Gasteiger partial charge in [0, 0.05) is 29.6 Å². The molecule has 1 aliphatic heterocycles. The zero-order valence-electron chi connectivity index (χ0n) is 11.0. The lowest BCUT2D eigenvalue weighted by Crippen LogP contribution is -2.25. The maximum atomic E-state index is 12.0. The number of likely N-dealkylation sites (tertiary alicyclic amines) is 1. The molecule has 2 aromatic rings. The normalized spacial score (nSPS) is 19.6. The number of fused-ring (bicyclic) bond motifs is 1. The Kier molecular flexibility index (Phi) is 3.90. The summed E-state index contributed by atoms with van der Waals surface area (Å²) in [6.45, 7) is 0.845. The molecule has 1 fully saturated rings. The van der Waals surface area contributed by atoms with E-state index in [1.807, 2.05) is 24.3 Å². The molecule has 1 aliphatic rings. The molecule has 0 spiro atoms. The van der Waals surface area contributed by atoms with Crippen LogP contribution in [0.5, 0.6) is 0 Å². The average molecular weight is 345 g/mol. The minimum absolute atomic E-state index is 0.0421. The highest BCUT2D eigenvalue weighted by Gasteiger charge is 2.32. The predicted octanol–water partition coefficient (Wildman–Crippen LogP) is 2.21. The Labute approximate surface area is 131 Å². The lowest BCUT2D eigenvalue weighted by molar-refractivity contribution is -0.128. The number of benzene rings is 1. The molecule has 112 valence electrons. The van der Waals surface area contributed by atoms with Crippen LogP contribution in [0.15, 0.2) is 24.3 Å². The summed E-state index contributed by atoms with van der Waals surface area (Å²) in [4.78, 5) is 18.1. The summed E-state index contributed by atoms with van der Waals surface area (Å²) in [5, 5.41) is 0.860. The second kappa shape index (κ2) is 5.55. The van der Waals surface area contributed by atoms with Crippen molar-refractivity contribution in [2.24, 2.45) is 5.92 Å². The molecule has 21 heavy (non-hydrogen) atoms. The Morgan fingerprint density at radius 2 is 2.14 bits per heavy atom. The molecule has 0 N–H and O–H groups in total. The maximum Gasteiger partial charge on any atom is 0.232 e. The van der Waals surface area contributed by atoms with Gasteiger partial charge in [-0.25, -0.2) is 13.4 Å². The van der Waals surface area contributed by atoms with Crippen LogP contribution in [-0.2, 0) is 20.4 Å². The maximum absolute atomic E-state index is 12.0. The number of hydrogen-bond donors (Lipinski definition) is 0. The van der Waals surface area contributed by atoms with Crippen LogP contribution in [0.3, 0.4) is 0 Å². The van der Waals surface area contributed by atoms with Crippen LogP contribution in [-0.4, -0.2) is 36.5 Å². The van der Waals surface area contributed by atoms with Crippen molar-refractivity contribution in [1.29, 1.82) is 0 Å². The summed E-state index contributed by atoms with van der Waals surface area (Å²) in [6.07, 6.45) is 0.233. The number of hydrogen-bond acceptors (Lipinski definition) is 5. The lowest BCUT2D eigenvalue weighted by atomic mass is 10.1. The third-order valence-electron chi connectivity index (χ3n) is 3.39. The molecule has 2 heterocycles. The highest BCUT2D eigenvalue weighted by molar-refractivity contribution is 8.13. The molecule has 1 saturated heterocycles. The van der Waals surface area contributed by atoms with Crippen molar-refractivity contribution in [3.8, 4) is 0 Å². The van der Waals surface area contributed by atoms with E-state index in [1.165, 1.54) is 0 Å². The second-order valence-corrected chi connectivity index (χ2v) is 9.06. The van der Waals surface area contributed by atoms with Crippen molar-refractivity contribution >= 4 is 47.2 Å². The van der Waals surface area contributed by atoms with E-state index in [1.54, 1.807) is 16.2 Å². The van der Waals surface area contributed by atoms with Crippen LogP contribution < -0.4 is 0 Å². The highest BCUT2D eigenvalue weighted by atomic mass is 35.7. The Morgan fingerprint density at radius 1 is 1.38 bits per heavy atom. The molecule has 1 aromatic carbocycles. The van der Waals surface area contributed by atoms with Crippen molar-refractivity contribution in [3.05, 3.63) is 29.3 Å². The Bertz CT molecular complexity index is 755. The van der Waals surface area contributed by atoms with E-state index in [9.17, 15) is 13.2 Å². The monoisotopic (exact) mass is 344 g/mol. The number of carbonyl (C=O) groups is 1. The minimum Gasteiger partial charge on any atom is -0.336 e. The first-order valence-electron chi connectivity index (χ1n) is 6.45. The van der Waals surface area contributed by atoms with Crippen LogP contribution in [0.1, 0.15) is 11.4 Å². The van der Waals surface area contributed by atoms with E-state index in [-0.39, 0.29) is 24.0 Å². The topological polar surface area (TPSA) is 67.3 Å². The van der Waals surface area contributed by atoms with Crippen LogP contribution in [0.4, 0.5) is 0 Å². The van der Waals surface area contributed by atoms with Gasteiger partial charge in [-0.3, -0.25) is 4.79 Å². The third kappa shape index (κ3) is 3.53. The van der Waals surface area contributed by atoms with Gasteiger partial charge >= 0.3 is 0 Å². The summed E-state index contributed by atoms with van der Waals surface area (Å²) in [7, 11) is 1.69. The summed E-state index contributed by atoms with van der Waals surface area (Å²) < 4.78 is 23.3. The zero-order valence-corrected chi connectivity index (χ0v) is 13.4. The molecule has 1 amide bonds. The fourth-order valence-electron chi connectivity index (χ4n) is 2.55. The first-order valence-corrected chi connectivity index (χ1v) is 9.75. The molecule has 0 bridgehead atoms. The number of nitrogens with zero attached hydrogens (tertiary/aromatic N) is 2. The molecule has 1 unspecified atom stereocenters. The first kappa shape index (κ1) is 14.7. The van der Waals surface area contributed by atoms with Gasteiger partial charge in [0.15, 0.2) is 0 Å². The molecular weight excluding hydrogens is 332 g/mol. The quantitative estimate of drug-likeness (QED) is 0.797. The van der Waals surface area contributed by atoms with E-state index in [0.717, 1.165) is 15.2 Å². The molecular formula is C13H13ClN2O3S2. The molecule has 1 aromatic heterocycles. The van der Waals surface area contributed by atoms with Gasteiger partial charge in [0.1, 0.15) is 5.01 Å². The van der Waals surface area contributed by atoms with E-state index in [0.29, 0.717) is 13.1 Å². The van der Waals surface area contributed by atoms with Crippen molar-refractivity contribution < 1.29 is 13.2 Å². The molecule has 1 atom stereocenters. The lowest BCUT2D eigenvalue weighted by Gasteiger charge is -2.14. The number of aromatic nitrogens is 1. The van der Waals surface area contributed by atoms with Gasteiger partial charge in [-0.15, -0.1) is 11.3 Å². The van der Waals surface area contributed by atoms with Gasteiger partial charge in [-0.2, -0.15) is 0 Å². The fourth-order valence-corrected chi connectivity index (χ4v) is 4.85. The van der Waals surface area contributed by atoms with Gasteiger partial charge in [0.25, 0.3) is 0 Å². The summed E-state index contributed by atoms with van der Waals surface area (Å²) in [5.74, 6) is -0.426. The van der Waals surface area contributed by atoms with Crippen molar-refractivity contribution in [2.45, 2.75) is 13.0 Å². The molecule has 5 nitrogen and oxygen atoms in total. The summed E-state index contributed by atoms with van der Waals surface area (Å²) in [5.41, 5.74) is 0.920. The summed E-state index contributed by atoms with van der Waals surface area (Å²) >= 11 is 1.55. The van der Waals surface area contributed by atoms with Crippen LogP contribution in [0, 0.1) is 5.92 Å². The minimum atomic E-state index is -3.57. The Hall–Kier alpha value is -1.18. The Morgan fingerprint density at radius 3 is 2.86 bits per heavy atom. The Balaban J connectivity index is 1.71. The van der Waals surface area contributed by atoms with E-state index >= 15 is 0 Å². The second-order valence-electron chi connectivity index (χ2n) is 5.13. The number of rotatable bonds is 4. The number of carbonyl (C=O) groups excluding carboxylic acids is 1. The van der Waals surface area contributed by atoms with Crippen molar-refractivity contribution in [1.82, 2.24) is 9.88 Å². The van der Waals surface area contributed by atoms with Gasteiger partial charge in [-0.05, 0) is 12.1 Å². The van der Waals surface area contributed by atoms with Gasteiger partial charge in [0.05, 0.1) is 22.5 Å². The molecule has 0 saturated carbocycles. The van der Waals surface area contributed by atoms with Gasteiger partial charge < -0.3 is 4.90 Å². The van der Waals surface area contributed by atoms with E-state index < -0.39 is 9.05 Å². The average Bonchev–Trinajstić information content (AvgIpc) is 2.91. The zero-order chi connectivity index (χ0) is 15.0. The number of halogens is 1. The van der Waals surface area contributed by atoms with Gasteiger partial charge in [0.2, 0.25) is 15.0 Å². The third-order valence-corrected chi connectivity index (χ3v) is 5.66. The SMILES string of the molecule is O=C1CC(CS(=O)(=O)Cl)CN1Cc1nc2ccccc2s1. The molecule has 8 heteroatoms. The number of para-hydroxylation sites is 1. The summed E-state index contributed by atoms with van der Waals surface area (Å²) in [6, 6.07) is 7.80. The van der Waals surface area contributed by atoms with Crippen LogP contribution in [0.2, 0.25) is 0 Å². The fraction of sp³-hybridized carbons (Fsp3) is 0.385. The number of thiazole rings is 1. The highest BCUT2D eigenvalue weighted by Crippen LogP contribution is 2.26. The van der Waals surface area contributed by atoms with Crippen molar-refractivity contribution in [2.75, 3.05) is 12.3 Å². The molecule has 0 radical (unpaired) electrons. The smallest absolute Gasteiger partial charge is 0.232 e. The van der Waals surface area contributed by atoms with E-state index in [2.05, 4.69) is 4.98 Å². The first-order chi connectivity index (χ1) is 9.90. The molecule has 0 aliphatic carbocycles. The molecule has 3 rings (SSSR count). The largest absolute Gasteiger partial charge is 0.336 e. The van der Waals surface area contributed by atoms with Crippen LogP contribution in [0.25, 0.3) is 10.2 Å². The van der Waals surface area contributed by atoms with E-state index in [4.69, 9.17) is 10.7 Å². The van der Waals surface area contributed by atoms with Crippen molar-refractivity contribution in [3.63, 3.8) is 0 Å². The standard InChI is InChI=1S/C13H13ClN2O3S2/c14-21(18,19)8-9-5-13(17)16(6-9)7-12-15-10-3-1-2-4-11(10)20-12/h1-4,9H,5-8H2. The van der Waals surface area contributed by atoms with Gasteiger partial charge in [-0.1, -0.05) is 12.1 Å². The number of amides is 1. The predicted molar refractivity (Wildman–Crippen MR) is 82.8 cm³/mol. The van der Waals surface area contributed by atoms with Crippen LogP contribution >= 0.6 is 22.0 Å².